The van der Waals surface area contributed by atoms with Crippen molar-refractivity contribution in [3.8, 4) is 67.8 Å². The summed E-state index contributed by atoms with van der Waals surface area (Å²) in [6.07, 6.45) is 0. The lowest BCUT2D eigenvalue weighted by atomic mass is 9.34. The van der Waals surface area contributed by atoms with Crippen molar-refractivity contribution >= 4 is 66.7 Å². The Labute approximate surface area is 516 Å². The summed E-state index contributed by atoms with van der Waals surface area (Å²) in [5.41, 5.74) is 26.5. The van der Waals surface area contributed by atoms with E-state index in [0.29, 0.717) is 17.5 Å². The third-order valence-electron chi connectivity index (χ3n) is 19.0. The van der Waals surface area contributed by atoms with Gasteiger partial charge in [0, 0.05) is 60.6 Å². The van der Waals surface area contributed by atoms with Gasteiger partial charge in [-0.1, -0.05) is 258 Å². The molecule has 0 N–H and O–H groups in total. The van der Waals surface area contributed by atoms with Gasteiger partial charge in [0.05, 0.1) is 11.0 Å². The van der Waals surface area contributed by atoms with Gasteiger partial charge >= 0.3 is 0 Å². The lowest BCUT2D eigenvalue weighted by Crippen LogP contribution is -2.59. The van der Waals surface area contributed by atoms with Crippen LogP contribution in [0.1, 0.15) is 158 Å². The predicted octanol–water partition coefficient (Wildman–Crippen LogP) is 19.3. The minimum atomic E-state index is -0.120. The van der Waals surface area contributed by atoms with Crippen LogP contribution < -0.4 is 16.4 Å². The SMILES string of the molecule is CC(C)(C)c1cc(-c2ccc3c4c2c2cc(C(C)(C)C)ccc2n4-c2cc(-c4nc(-c5ccccc5)nc(-c5ccccc5)n4)cc4c2B3c2ccc(-c3cc(C(C)(C)C)cc(C(C)(C)C)c3)c3c5cc(C(C)(C)C)ccc5n-4c23)cc(C(C)(C)C)c1. The molecule has 434 valence electrons. The summed E-state index contributed by atoms with van der Waals surface area (Å²) >= 11 is 0. The Hall–Kier alpha value is -8.35. The van der Waals surface area contributed by atoms with Crippen LogP contribution in [0.25, 0.3) is 111 Å². The molecule has 9 aromatic carbocycles. The highest BCUT2D eigenvalue weighted by Gasteiger charge is 2.43. The zero-order valence-electron chi connectivity index (χ0n) is 54.5. The minimum Gasteiger partial charge on any atom is -0.310 e. The van der Waals surface area contributed by atoms with E-state index in [4.69, 9.17) is 15.0 Å². The van der Waals surface area contributed by atoms with Crippen LogP contribution in [0.2, 0.25) is 0 Å². The molecular formula is C81H82BN5. The Morgan fingerprint density at radius 1 is 0.299 bits per heavy atom. The molecule has 0 unspecified atom stereocenters. The maximum atomic E-state index is 5.50. The van der Waals surface area contributed by atoms with Crippen LogP contribution >= 0.6 is 0 Å². The average molecular weight is 1140 g/mol. The summed E-state index contributed by atoms with van der Waals surface area (Å²) < 4.78 is 5.27. The van der Waals surface area contributed by atoms with Gasteiger partial charge in [-0.15, -0.1) is 0 Å². The second-order valence-corrected chi connectivity index (χ2v) is 31.5. The molecule has 3 aromatic heterocycles. The molecule has 5 heterocycles. The average Bonchev–Trinajstić information content (AvgIpc) is 1.57. The molecule has 0 atom stereocenters. The molecule has 14 rings (SSSR count). The molecule has 0 radical (unpaired) electrons. The summed E-state index contributed by atoms with van der Waals surface area (Å²) in [5.74, 6) is 1.91. The van der Waals surface area contributed by atoms with Crippen molar-refractivity contribution in [3.63, 3.8) is 0 Å². The molecule has 0 aliphatic carbocycles. The van der Waals surface area contributed by atoms with E-state index in [1.165, 1.54) is 116 Å². The highest BCUT2D eigenvalue weighted by Crippen LogP contribution is 2.48. The molecule has 0 bridgehead atoms. The molecule has 2 aliphatic heterocycles. The largest absolute Gasteiger partial charge is 0.310 e. The molecule has 6 heteroatoms. The Bertz CT molecular complexity index is 4470. The molecule has 0 saturated heterocycles. The first kappa shape index (κ1) is 56.5. The molecular weight excluding hydrogens is 1050 g/mol. The van der Waals surface area contributed by atoms with E-state index >= 15 is 0 Å². The van der Waals surface area contributed by atoms with E-state index < -0.39 is 0 Å². The van der Waals surface area contributed by atoms with Crippen molar-refractivity contribution in [2.45, 2.75) is 157 Å². The Kier molecular flexibility index (Phi) is 12.4. The fourth-order valence-electron chi connectivity index (χ4n) is 13.9. The summed E-state index contributed by atoms with van der Waals surface area (Å²) in [7, 11) is 0. The molecule has 5 nitrogen and oxygen atoms in total. The number of rotatable bonds is 5. The molecule has 0 fully saturated rings. The summed E-state index contributed by atoms with van der Waals surface area (Å²) in [6, 6.07) is 65.0. The fourth-order valence-corrected chi connectivity index (χ4v) is 13.9. The predicted molar refractivity (Wildman–Crippen MR) is 373 cm³/mol. The third-order valence-corrected chi connectivity index (χ3v) is 19.0. The van der Waals surface area contributed by atoms with E-state index in [2.05, 4.69) is 304 Å². The first-order chi connectivity index (χ1) is 40.9. The maximum Gasteiger partial charge on any atom is 0.252 e. The van der Waals surface area contributed by atoms with Gasteiger partial charge in [0.25, 0.3) is 6.71 Å². The van der Waals surface area contributed by atoms with Crippen molar-refractivity contribution in [2.75, 3.05) is 0 Å². The molecule has 87 heavy (non-hydrogen) atoms. The van der Waals surface area contributed by atoms with E-state index in [-0.39, 0.29) is 39.2 Å². The highest BCUT2D eigenvalue weighted by molar-refractivity contribution is 7.00. The van der Waals surface area contributed by atoms with Crippen molar-refractivity contribution in [1.29, 1.82) is 0 Å². The maximum absolute atomic E-state index is 5.50. The number of fused-ring (bicyclic) bond motifs is 10. The summed E-state index contributed by atoms with van der Waals surface area (Å²) in [6.45, 7) is 42.2. The number of aromatic nitrogens is 5. The van der Waals surface area contributed by atoms with Crippen LogP contribution in [0.3, 0.4) is 0 Å². The Morgan fingerprint density at radius 2 is 0.632 bits per heavy atom. The quantitative estimate of drug-likeness (QED) is 0.161. The third kappa shape index (κ3) is 9.21. The second-order valence-electron chi connectivity index (χ2n) is 31.5. The van der Waals surface area contributed by atoms with Gasteiger partial charge < -0.3 is 9.13 Å². The topological polar surface area (TPSA) is 48.5 Å². The molecule has 0 amide bonds. The zero-order valence-corrected chi connectivity index (χ0v) is 54.5. The standard InChI is InChI=1S/C81H82BN5/c1-76(2,3)52-29-35-64-60(45-52)68-58(49-37-54(78(7,8)9)43-55(38-49)79(10,11)12)31-33-62-71(68)86(64)66-41-51(75-84-73(47-25-21-19-22-26-47)83-74(85-75)48-27-23-20-24-28-48)42-67-70(66)82(62)63-34-32-59(50-39-56(80(13,14)15)44-57(40-50)81(16,17)18)69-61-46-53(77(4,5)6)30-36-65(61)87(67)72(63)69/h19-46H,1-18H3. The zero-order chi connectivity index (χ0) is 61.4. The Morgan fingerprint density at radius 3 is 0.966 bits per heavy atom. The monoisotopic (exact) mass is 1140 g/mol. The van der Waals surface area contributed by atoms with Gasteiger partial charge in [-0.05, 0) is 141 Å². The molecule has 0 saturated carbocycles. The summed E-state index contributed by atoms with van der Waals surface area (Å²) in [5, 5.41) is 5.10. The van der Waals surface area contributed by atoms with Crippen molar-refractivity contribution in [3.05, 3.63) is 203 Å². The first-order valence-corrected chi connectivity index (χ1v) is 31.5. The number of hydrogen-bond acceptors (Lipinski definition) is 3. The normalized spacial score (nSPS) is 13.6. The Balaban J connectivity index is 1.18. The number of hydrogen-bond donors (Lipinski definition) is 0. The van der Waals surface area contributed by atoms with Crippen LogP contribution in [-0.2, 0) is 32.5 Å². The van der Waals surface area contributed by atoms with Crippen LogP contribution in [0.15, 0.2) is 170 Å². The number of benzene rings is 9. The van der Waals surface area contributed by atoms with Gasteiger partial charge in [-0.3, -0.25) is 0 Å². The lowest BCUT2D eigenvalue weighted by Gasteiger charge is -2.34. The highest BCUT2D eigenvalue weighted by atomic mass is 15.1. The van der Waals surface area contributed by atoms with Crippen LogP contribution in [0.5, 0.6) is 0 Å². The van der Waals surface area contributed by atoms with E-state index in [1.807, 2.05) is 0 Å². The van der Waals surface area contributed by atoms with E-state index in [0.717, 1.165) is 28.1 Å². The smallest absolute Gasteiger partial charge is 0.252 e. The molecule has 12 aromatic rings. The van der Waals surface area contributed by atoms with Crippen LogP contribution in [0.4, 0.5) is 0 Å². The van der Waals surface area contributed by atoms with Crippen LogP contribution in [-0.4, -0.2) is 30.8 Å². The van der Waals surface area contributed by atoms with Crippen molar-refractivity contribution in [2.24, 2.45) is 0 Å². The number of nitrogens with zero attached hydrogens (tertiary/aromatic N) is 5. The van der Waals surface area contributed by atoms with E-state index in [1.54, 1.807) is 0 Å². The van der Waals surface area contributed by atoms with Crippen molar-refractivity contribution < 1.29 is 0 Å². The summed E-state index contributed by atoms with van der Waals surface area (Å²) in [4.78, 5) is 16.2. The van der Waals surface area contributed by atoms with E-state index in [9.17, 15) is 0 Å². The van der Waals surface area contributed by atoms with Crippen molar-refractivity contribution in [1.82, 2.24) is 24.1 Å². The molecule has 0 spiro atoms. The van der Waals surface area contributed by atoms with Gasteiger partial charge in [-0.25, -0.2) is 15.0 Å². The molecule has 2 aliphatic rings. The first-order valence-electron chi connectivity index (χ1n) is 31.5. The second kappa shape index (κ2) is 19.1. The van der Waals surface area contributed by atoms with Gasteiger partial charge in [-0.2, -0.15) is 0 Å². The van der Waals surface area contributed by atoms with Gasteiger partial charge in [0.1, 0.15) is 0 Å². The fraction of sp³-hybridized carbons (Fsp3) is 0.296. The lowest BCUT2D eigenvalue weighted by molar-refractivity contribution is 0.568. The van der Waals surface area contributed by atoms with Gasteiger partial charge in [0.2, 0.25) is 0 Å². The minimum absolute atomic E-state index is 0.0659. The van der Waals surface area contributed by atoms with Crippen LogP contribution in [0, 0.1) is 0 Å². The van der Waals surface area contributed by atoms with Gasteiger partial charge in [0.15, 0.2) is 17.5 Å².